The van der Waals surface area contributed by atoms with Crippen molar-refractivity contribution in [2.75, 3.05) is 14.2 Å². The van der Waals surface area contributed by atoms with Crippen molar-refractivity contribution in [3.63, 3.8) is 0 Å². The molecule has 0 aromatic heterocycles. The Morgan fingerprint density at radius 2 is 1.92 bits per heavy atom. The van der Waals surface area contributed by atoms with Crippen LogP contribution in [-0.4, -0.2) is 31.3 Å². The van der Waals surface area contributed by atoms with Crippen LogP contribution in [0.5, 0.6) is 0 Å². The fraction of sp³-hybridized carbons (Fsp3) is 0.571. The number of amides is 1. The first-order chi connectivity index (χ1) is 5.79. The van der Waals surface area contributed by atoms with Crippen molar-refractivity contribution in [3.05, 3.63) is 11.6 Å². The Balaban J connectivity index is 4.49. The fourth-order valence-electron chi connectivity index (χ4n) is 0.448. The predicted molar refractivity (Wildman–Crippen MR) is 39.6 cm³/mol. The van der Waals surface area contributed by atoms with Crippen LogP contribution in [0, 0.1) is 0 Å². The second-order valence-corrected chi connectivity index (χ2v) is 2.34. The number of hydrogen-bond donors (Lipinski definition) is 0. The van der Waals surface area contributed by atoms with Gasteiger partial charge in [-0.1, -0.05) is 0 Å². The average molecular weight is 197 g/mol. The third kappa shape index (κ3) is 3.93. The highest BCUT2D eigenvalue weighted by molar-refractivity contribution is 5.87. The fourth-order valence-corrected chi connectivity index (χ4v) is 0.448. The Morgan fingerprint density at radius 1 is 1.46 bits per heavy atom. The molecule has 0 fully saturated rings. The molecule has 0 aromatic rings. The van der Waals surface area contributed by atoms with Gasteiger partial charge in [0.25, 0.3) is 5.91 Å². The molecule has 0 rings (SSSR count). The van der Waals surface area contributed by atoms with E-state index in [1.807, 2.05) is 0 Å². The summed E-state index contributed by atoms with van der Waals surface area (Å²) in [6, 6.07) is 0. The van der Waals surface area contributed by atoms with Gasteiger partial charge in [-0.3, -0.25) is 9.63 Å². The molecule has 6 heteroatoms. The Kier molecular flexibility index (Phi) is 3.93. The van der Waals surface area contributed by atoms with Crippen LogP contribution < -0.4 is 0 Å². The Labute approximate surface area is 73.7 Å². The first-order valence-corrected chi connectivity index (χ1v) is 3.36. The lowest BCUT2D eigenvalue weighted by atomic mass is 10.2. The summed E-state index contributed by atoms with van der Waals surface area (Å²) >= 11 is 0. The molecule has 1 amide bonds. The van der Waals surface area contributed by atoms with E-state index in [1.165, 1.54) is 14.2 Å². The molecule has 0 N–H and O–H groups in total. The summed E-state index contributed by atoms with van der Waals surface area (Å²) < 4.78 is 35.7. The maximum absolute atomic E-state index is 11.9. The number of carbonyl (C=O) groups is 1. The van der Waals surface area contributed by atoms with Crippen LogP contribution in [0.4, 0.5) is 13.2 Å². The highest BCUT2D eigenvalue weighted by atomic mass is 19.4. The normalized spacial score (nSPS) is 12.9. The third-order valence-corrected chi connectivity index (χ3v) is 1.37. The number of allylic oxidation sites excluding steroid dienone is 1. The molecule has 0 saturated heterocycles. The van der Waals surface area contributed by atoms with E-state index in [0.717, 1.165) is 6.92 Å². The molecule has 0 aliphatic heterocycles. The van der Waals surface area contributed by atoms with Crippen molar-refractivity contribution in [3.8, 4) is 0 Å². The minimum absolute atomic E-state index is 0.476. The summed E-state index contributed by atoms with van der Waals surface area (Å²) in [7, 11) is 2.41. The van der Waals surface area contributed by atoms with E-state index in [1.54, 1.807) is 0 Å². The molecule has 0 bridgehead atoms. The van der Waals surface area contributed by atoms with Gasteiger partial charge in [0.15, 0.2) is 0 Å². The van der Waals surface area contributed by atoms with Crippen LogP contribution in [0.3, 0.4) is 0 Å². The molecule has 0 atom stereocenters. The summed E-state index contributed by atoms with van der Waals surface area (Å²) in [5.41, 5.74) is -0.957. The standard InChI is InChI=1S/C7H10F3NO2/c1-5(7(8,9)10)4-6(12)11(2)13-3/h4H,1-3H3/b5-4+. The van der Waals surface area contributed by atoms with Crippen LogP contribution >= 0.6 is 0 Å². The topological polar surface area (TPSA) is 29.5 Å². The van der Waals surface area contributed by atoms with Crippen molar-refractivity contribution in [1.82, 2.24) is 5.06 Å². The molecule has 0 radical (unpaired) electrons. The Morgan fingerprint density at radius 3 is 2.23 bits per heavy atom. The number of nitrogens with zero attached hydrogens (tertiary/aromatic N) is 1. The third-order valence-electron chi connectivity index (χ3n) is 1.37. The van der Waals surface area contributed by atoms with Crippen LogP contribution in [0.2, 0.25) is 0 Å². The van der Waals surface area contributed by atoms with E-state index in [2.05, 4.69) is 4.84 Å². The van der Waals surface area contributed by atoms with Gasteiger partial charge in [0.2, 0.25) is 0 Å². The molecule has 76 valence electrons. The van der Waals surface area contributed by atoms with Gasteiger partial charge in [-0.25, -0.2) is 5.06 Å². The van der Waals surface area contributed by atoms with Crippen LogP contribution in [0.1, 0.15) is 6.92 Å². The number of rotatable bonds is 2. The minimum Gasteiger partial charge on any atom is -0.274 e. The molecule has 0 heterocycles. The summed E-state index contributed by atoms with van der Waals surface area (Å²) in [5.74, 6) is -0.850. The van der Waals surface area contributed by atoms with Gasteiger partial charge in [-0.15, -0.1) is 0 Å². The molecule has 0 spiro atoms. The number of hydroxylamine groups is 2. The lowest BCUT2D eigenvalue weighted by Gasteiger charge is -2.12. The molecule has 0 aromatic carbocycles. The van der Waals surface area contributed by atoms with Gasteiger partial charge in [0, 0.05) is 18.7 Å². The maximum atomic E-state index is 11.9. The van der Waals surface area contributed by atoms with Crippen molar-refractivity contribution in [2.45, 2.75) is 13.1 Å². The van der Waals surface area contributed by atoms with Gasteiger partial charge in [0.05, 0.1) is 7.11 Å². The number of alkyl halides is 3. The lowest BCUT2D eigenvalue weighted by molar-refractivity contribution is -0.163. The molecule has 0 saturated carbocycles. The Hall–Kier alpha value is -1.04. The smallest absolute Gasteiger partial charge is 0.274 e. The molecular formula is C7H10F3NO2. The number of hydrogen-bond acceptors (Lipinski definition) is 2. The number of likely N-dealkylation sites (N-methyl/N-ethyl adjacent to an activating group) is 1. The molecule has 13 heavy (non-hydrogen) atoms. The van der Waals surface area contributed by atoms with E-state index < -0.39 is 17.7 Å². The van der Waals surface area contributed by atoms with Gasteiger partial charge in [-0.2, -0.15) is 13.2 Å². The van der Waals surface area contributed by atoms with Crippen LogP contribution in [0.15, 0.2) is 11.6 Å². The van der Waals surface area contributed by atoms with Crippen molar-refractivity contribution in [2.24, 2.45) is 0 Å². The number of halogens is 3. The van der Waals surface area contributed by atoms with E-state index in [0.29, 0.717) is 11.1 Å². The predicted octanol–water partition coefficient (Wildman–Crippen LogP) is 1.51. The average Bonchev–Trinajstić information content (AvgIpc) is 2.01. The largest absolute Gasteiger partial charge is 0.412 e. The second-order valence-electron chi connectivity index (χ2n) is 2.34. The molecule has 0 aliphatic rings. The summed E-state index contributed by atoms with van der Waals surface area (Å²) in [5, 5.41) is 0.704. The minimum atomic E-state index is -4.47. The SMILES string of the molecule is CON(C)C(=O)/C=C(\C)C(F)(F)F. The van der Waals surface area contributed by atoms with E-state index in [4.69, 9.17) is 0 Å². The molecule has 0 unspecified atom stereocenters. The van der Waals surface area contributed by atoms with E-state index in [-0.39, 0.29) is 0 Å². The second kappa shape index (κ2) is 4.27. The van der Waals surface area contributed by atoms with E-state index >= 15 is 0 Å². The van der Waals surface area contributed by atoms with Gasteiger partial charge < -0.3 is 0 Å². The summed E-state index contributed by atoms with van der Waals surface area (Å²) in [6.45, 7) is 0.821. The first-order valence-electron chi connectivity index (χ1n) is 3.36. The van der Waals surface area contributed by atoms with Crippen molar-refractivity contribution < 1.29 is 22.8 Å². The first kappa shape index (κ1) is 12.0. The Bertz CT molecular complexity index is 222. The summed E-state index contributed by atoms with van der Waals surface area (Å²) in [6.07, 6.45) is -3.99. The molecule has 0 aliphatic carbocycles. The van der Waals surface area contributed by atoms with Crippen LogP contribution in [0.25, 0.3) is 0 Å². The van der Waals surface area contributed by atoms with Crippen LogP contribution in [-0.2, 0) is 9.63 Å². The van der Waals surface area contributed by atoms with Crippen molar-refractivity contribution >= 4 is 5.91 Å². The lowest BCUT2D eigenvalue weighted by Crippen LogP contribution is -2.24. The molecular weight excluding hydrogens is 187 g/mol. The zero-order valence-corrected chi connectivity index (χ0v) is 7.47. The zero-order chi connectivity index (χ0) is 10.6. The van der Waals surface area contributed by atoms with Gasteiger partial charge >= 0.3 is 6.18 Å². The zero-order valence-electron chi connectivity index (χ0n) is 7.47. The summed E-state index contributed by atoms with van der Waals surface area (Å²) in [4.78, 5) is 15.3. The van der Waals surface area contributed by atoms with Gasteiger partial charge in [-0.05, 0) is 6.92 Å². The highest BCUT2D eigenvalue weighted by Crippen LogP contribution is 2.24. The quantitative estimate of drug-likeness (QED) is 0.496. The number of carbonyl (C=O) groups excluding carboxylic acids is 1. The van der Waals surface area contributed by atoms with Gasteiger partial charge in [0.1, 0.15) is 0 Å². The molecule has 3 nitrogen and oxygen atoms in total. The monoisotopic (exact) mass is 197 g/mol. The highest BCUT2D eigenvalue weighted by Gasteiger charge is 2.30. The maximum Gasteiger partial charge on any atom is 0.412 e. The van der Waals surface area contributed by atoms with Crippen molar-refractivity contribution in [1.29, 1.82) is 0 Å². The van der Waals surface area contributed by atoms with E-state index in [9.17, 15) is 18.0 Å².